The lowest BCUT2D eigenvalue weighted by Gasteiger charge is -2.63. The molecule has 4 fully saturated rings. The van der Waals surface area contributed by atoms with Gasteiger partial charge in [-0.05, 0) is 91.3 Å². The fourth-order valence-electron chi connectivity index (χ4n) is 8.74. The average molecular weight is 393 g/mol. The van der Waals surface area contributed by atoms with Crippen LogP contribution in [0, 0.1) is 46.3 Å². The SMILES string of the molecule is C[C@H](CCC(=O)O)[C@@H]1CC[C@@H]2[C@H]3[C@H](O)C[C@@H]4CCCC[C@]4(C)[C@H]3C[C@H](O)[C@@]21C. The van der Waals surface area contributed by atoms with E-state index in [0.29, 0.717) is 41.9 Å². The van der Waals surface area contributed by atoms with E-state index in [1.807, 2.05) is 0 Å². The van der Waals surface area contributed by atoms with Crippen molar-refractivity contribution in [1.29, 1.82) is 0 Å². The van der Waals surface area contributed by atoms with Crippen LogP contribution in [0.1, 0.15) is 85.0 Å². The standard InChI is InChI=1S/C24H40O4/c1-14(7-10-21(27)28)16-8-9-17-22-18(13-20(26)24(16,17)3)23(2)11-5-4-6-15(23)12-19(22)25/h14-20,22,25-26H,4-13H2,1-3H3,(H,27,28)/t14-,15+,16+,17-,18+,19-,20+,22-,23+,24-/m1/s1. The molecule has 0 unspecified atom stereocenters. The molecular formula is C24H40O4. The van der Waals surface area contributed by atoms with Crippen molar-refractivity contribution in [2.45, 2.75) is 97.2 Å². The van der Waals surface area contributed by atoms with Gasteiger partial charge in [-0.3, -0.25) is 4.79 Å². The minimum atomic E-state index is -0.727. The molecule has 4 rings (SSSR count). The van der Waals surface area contributed by atoms with E-state index in [-0.39, 0.29) is 29.5 Å². The summed E-state index contributed by atoms with van der Waals surface area (Å²) in [6.07, 6.45) is 9.32. The smallest absolute Gasteiger partial charge is 0.303 e. The van der Waals surface area contributed by atoms with Gasteiger partial charge < -0.3 is 15.3 Å². The van der Waals surface area contributed by atoms with E-state index in [1.54, 1.807) is 0 Å². The molecule has 0 aliphatic heterocycles. The number of hydrogen-bond donors (Lipinski definition) is 3. The molecule has 4 heteroatoms. The zero-order chi connectivity index (χ0) is 20.3. The van der Waals surface area contributed by atoms with E-state index in [9.17, 15) is 15.0 Å². The predicted octanol–water partition coefficient (Wildman–Crippen LogP) is 4.48. The molecule has 3 N–H and O–H groups in total. The minimum Gasteiger partial charge on any atom is -0.481 e. The Labute approximate surface area is 170 Å². The Morgan fingerprint density at radius 1 is 1.07 bits per heavy atom. The van der Waals surface area contributed by atoms with Crippen molar-refractivity contribution in [3.8, 4) is 0 Å². The molecule has 0 heterocycles. The molecule has 0 radical (unpaired) electrons. The van der Waals surface area contributed by atoms with Gasteiger partial charge in [0.05, 0.1) is 12.2 Å². The van der Waals surface area contributed by atoms with Crippen LogP contribution in [-0.4, -0.2) is 33.5 Å². The van der Waals surface area contributed by atoms with Crippen LogP contribution in [0.25, 0.3) is 0 Å². The second kappa shape index (κ2) is 7.27. The Morgan fingerprint density at radius 2 is 1.82 bits per heavy atom. The van der Waals surface area contributed by atoms with Crippen molar-refractivity contribution < 1.29 is 20.1 Å². The van der Waals surface area contributed by atoms with Crippen molar-refractivity contribution in [3.63, 3.8) is 0 Å². The third-order valence-electron chi connectivity index (χ3n) is 10.3. The van der Waals surface area contributed by atoms with Crippen LogP contribution in [0.15, 0.2) is 0 Å². The number of carboxylic acids is 1. The molecule has 10 atom stereocenters. The van der Waals surface area contributed by atoms with Crippen molar-refractivity contribution in [2.75, 3.05) is 0 Å². The van der Waals surface area contributed by atoms with Gasteiger partial charge in [-0.15, -0.1) is 0 Å². The van der Waals surface area contributed by atoms with E-state index in [2.05, 4.69) is 20.8 Å². The first-order valence-corrected chi connectivity index (χ1v) is 11.8. The fourth-order valence-corrected chi connectivity index (χ4v) is 8.74. The molecule has 0 aromatic carbocycles. The van der Waals surface area contributed by atoms with Gasteiger partial charge in [0, 0.05) is 6.42 Å². The first-order chi connectivity index (χ1) is 13.2. The van der Waals surface area contributed by atoms with E-state index >= 15 is 0 Å². The second-order valence-corrected chi connectivity index (χ2v) is 11.3. The van der Waals surface area contributed by atoms with Crippen molar-refractivity contribution >= 4 is 5.97 Å². The quantitative estimate of drug-likeness (QED) is 0.659. The molecule has 4 aliphatic carbocycles. The molecule has 0 bridgehead atoms. The molecule has 28 heavy (non-hydrogen) atoms. The van der Waals surface area contributed by atoms with E-state index in [1.165, 1.54) is 25.7 Å². The van der Waals surface area contributed by atoms with Crippen molar-refractivity contribution in [3.05, 3.63) is 0 Å². The Bertz CT molecular complexity index is 605. The molecule has 0 aromatic rings. The monoisotopic (exact) mass is 392 g/mol. The van der Waals surface area contributed by atoms with Gasteiger partial charge in [0.15, 0.2) is 0 Å². The second-order valence-electron chi connectivity index (χ2n) is 11.3. The Hall–Kier alpha value is -0.610. The third kappa shape index (κ3) is 2.96. The lowest BCUT2D eigenvalue weighted by atomic mass is 9.43. The lowest BCUT2D eigenvalue weighted by Crippen LogP contribution is -2.61. The molecule has 0 aromatic heterocycles. The van der Waals surface area contributed by atoms with Gasteiger partial charge in [-0.1, -0.05) is 33.6 Å². The highest BCUT2D eigenvalue weighted by Gasteiger charge is 2.65. The van der Waals surface area contributed by atoms with Crippen molar-refractivity contribution in [2.24, 2.45) is 46.3 Å². The Morgan fingerprint density at radius 3 is 2.54 bits per heavy atom. The van der Waals surface area contributed by atoms with Crippen LogP contribution in [0.3, 0.4) is 0 Å². The Balaban J connectivity index is 1.61. The number of carbonyl (C=O) groups is 1. The zero-order valence-electron chi connectivity index (χ0n) is 17.9. The van der Waals surface area contributed by atoms with E-state index < -0.39 is 5.97 Å². The molecular weight excluding hydrogens is 352 g/mol. The average Bonchev–Trinajstić information content (AvgIpc) is 3.00. The van der Waals surface area contributed by atoms with Gasteiger partial charge in [0.2, 0.25) is 0 Å². The number of hydrogen-bond acceptors (Lipinski definition) is 3. The van der Waals surface area contributed by atoms with Crippen LogP contribution < -0.4 is 0 Å². The fraction of sp³-hybridized carbons (Fsp3) is 0.958. The maximum absolute atomic E-state index is 11.5. The highest BCUT2D eigenvalue weighted by molar-refractivity contribution is 5.66. The lowest BCUT2D eigenvalue weighted by molar-refractivity contribution is -0.201. The first-order valence-electron chi connectivity index (χ1n) is 11.8. The Kier molecular flexibility index (Phi) is 5.36. The van der Waals surface area contributed by atoms with Crippen LogP contribution in [0.5, 0.6) is 0 Å². The maximum atomic E-state index is 11.5. The number of carboxylic acid groups (broad SMARTS) is 1. The largest absolute Gasteiger partial charge is 0.481 e. The molecule has 4 saturated carbocycles. The number of fused-ring (bicyclic) bond motifs is 5. The number of aliphatic hydroxyl groups is 2. The number of rotatable bonds is 4. The summed E-state index contributed by atoms with van der Waals surface area (Å²) >= 11 is 0. The number of aliphatic carboxylic acids is 1. The summed E-state index contributed by atoms with van der Waals surface area (Å²) in [5.74, 6) is 1.66. The van der Waals surface area contributed by atoms with Gasteiger partial charge >= 0.3 is 5.97 Å². The normalized spacial score (nSPS) is 51.7. The summed E-state index contributed by atoms with van der Waals surface area (Å²) in [6, 6.07) is 0. The summed E-state index contributed by atoms with van der Waals surface area (Å²) in [5.41, 5.74) is 0.0927. The van der Waals surface area contributed by atoms with E-state index in [4.69, 9.17) is 5.11 Å². The predicted molar refractivity (Wildman–Crippen MR) is 109 cm³/mol. The van der Waals surface area contributed by atoms with Gasteiger partial charge in [0.1, 0.15) is 0 Å². The van der Waals surface area contributed by atoms with Gasteiger partial charge in [0.25, 0.3) is 0 Å². The van der Waals surface area contributed by atoms with Gasteiger partial charge in [-0.2, -0.15) is 0 Å². The first kappa shape index (κ1) is 20.7. The summed E-state index contributed by atoms with van der Waals surface area (Å²) in [6.45, 7) is 6.89. The molecule has 160 valence electrons. The molecule has 0 amide bonds. The third-order valence-corrected chi connectivity index (χ3v) is 10.3. The van der Waals surface area contributed by atoms with Crippen LogP contribution in [-0.2, 0) is 4.79 Å². The van der Waals surface area contributed by atoms with Gasteiger partial charge in [-0.25, -0.2) is 0 Å². The minimum absolute atomic E-state index is 0.183. The summed E-state index contributed by atoms with van der Waals surface area (Å²) in [4.78, 5) is 11.1. The maximum Gasteiger partial charge on any atom is 0.303 e. The molecule has 4 aliphatic rings. The summed E-state index contributed by atoms with van der Waals surface area (Å²) in [5, 5.41) is 31.8. The highest BCUT2D eigenvalue weighted by atomic mass is 16.4. The van der Waals surface area contributed by atoms with E-state index in [0.717, 1.165) is 25.7 Å². The van der Waals surface area contributed by atoms with Crippen molar-refractivity contribution in [1.82, 2.24) is 0 Å². The summed E-state index contributed by atoms with van der Waals surface area (Å²) in [7, 11) is 0. The van der Waals surface area contributed by atoms with Crippen LogP contribution >= 0.6 is 0 Å². The highest BCUT2D eigenvalue weighted by Crippen LogP contribution is 2.68. The molecule has 0 saturated heterocycles. The zero-order valence-corrected chi connectivity index (χ0v) is 17.9. The van der Waals surface area contributed by atoms with Crippen LogP contribution in [0.4, 0.5) is 0 Å². The summed E-state index contributed by atoms with van der Waals surface area (Å²) < 4.78 is 0. The number of aliphatic hydroxyl groups excluding tert-OH is 2. The molecule has 4 nitrogen and oxygen atoms in total. The van der Waals surface area contributed by atoms with Crippen LogP contribution in [0.2, 0.25) is 0 Å². The molecule has 0 spiro atoms. The topological polar surface area (TPSA) is 77.8 Å².